The van der Waals surface area contributed by atoms with Crippen molar-refractivity contribution >= 4 is 17.2 Å². The molecule has 2 bridgehead atoms. The molecule has 0 saturated carbocycles. The van der Waals surface area contributed by atoms with E-state index in [0.717, 1.165) is 43.1 Å². The van der Waals surface area contributed by atoms with Gasteiger partial charge in [-0.25, -0.2) is 9.97 Å². The second-order valence-electron chi connectivity index (χ2n) is 6.92. The van der Waals surface area contributed by atoms with Gasteiger partial charge in [-0.05, 0) is 27.2 Å². The van der Waals surface area contributed by atoms with Crippen molar-refractivity contribution in [3.05, 3.63) is 33.3 Å². The number of thiazole rings is 1. The molecule has 2 aromatic rings. The predicted octanol–water partition coefficient (Wildman–Crippen LogP) is 1.82. The SMILES string of the molecule is Cc1nc(CN2C[C@@H]3C[C@H]2CN3C(=O)Cc2nc[nH]c2C)sc1C. The Labute approximate surface area is 145 Å². The number of aryl methyl sites for hydroxylation is 3. The van der Waals surface area contributed by atoms with Gasteiger partial charge in [0.1, 0.15) is 5.01 Å². The molecule has 0 unspecified atom stereocenters. The van der Waals surface area contributed by atoms with Crippen molar-refractivity contribution in [3.8, 4) is 0 Å². The Morgan fingerprint density at radius 3 is 2.75 bits per heavy atom. The molecule has 4 heterocycles. The summed E-state index contributed by atoms with van der Waals surface area (Å²) in [6.45, 7) is 8.89. The van der Waals surface area contributed by atoms with Crippen LogP contribution in [0.3, 0.4) is 0 Å². The van der Waals surface area contributed by atoms with Crippen molar-refractivity contribution in [1.29, 1.82) is 0 Å². The van der Waals surface area contributed by atoms with Crippen LogP contribution in [0.2, 0.25) is 0 Å². The molecule has 2 saturated heterocycles. The van der Waals surface area contributed by atoms with Gasteiger partial charge >= 0.3 is 0 Å². The molecule has 1 amide bonds. The average Bonchev–Trinajstić information content (AvgIpc) is 3.27. The number of aromatic nitrogens is 3. The van der Waals surface area contributed by atoms with Crippen LogP contribution in [0.4, 0.5) is 0 Å². The summed E-state index contributed by atoms with van der Waals surface area (Å²) in [7, 11) is 0. The van der Waals surface area contributed by atoms with E-state index < -0.39 is 0 Å². The lowest BCUT2D eigenvalue weighted by Gasteiger charge is -2.33. The maximum Gasteiger partial charge on any atom is 0.229 e. The number of carbonyl (C=O) groups excluding carboxylic acids is 1. The maximum absolute atomic E-state index is 12.6. The second-order valence-corrected chi connectivity index (χ2v) is 8.21. The van der Waals surface area contributed by atoms with Crippen LogP contribution in [0.5, 0.6) is 0 Å². The van der Waals surface area contributed by atoms with Gasteiger partial charge in [-0.3, -0.25) is 9.69 Å². The molecule has 2 aromatic heterocycles. The number of aromatic amines is 1. The number of imidazole rings is 1. The molecule has 6 nitrogen and oxygen atoms in total. The van der Waals surface area contributed by atoms with Crippen LogP contribution in [0.1, 0.15) is 33.4 Å². The maximum atomic E-state index is 12.6. The van der Waals surface area contributed by atoms with E-state index in [2.05, 4.69) is 38.6 Å². The quantitative estimate of drug-likeness (QED) is 0.918. The highest BCUT2D eigenvalue weighted by Crippen LogP contribution is 2.33. The molecular weight excluding hydrogens is 322 g/mol. The minimum Gasteiger partial charge on any atom is -0.348 e. The van der Waals surface area contributed by atoms with Gasteiger partial charge in [0, 0.05) is 35.7 Å². The Morgan fingerprint density at radius 1 is 1.33 bits per heavy atom. The number of piperazine rings is 1. The second kappa shape index (κ2) is 5.97. The van der Waals surface area contributed by atoms with E-state index in [4.69, 9.17) is 0 Å². The third-order valence-corrected chi connectivity index (χ3v) is 6.40. The van der Waals surface area contributed by atoms with Gasteiger partial charge in [-0.15, -0.1) is 11.3 Å². The van der Waals surface area contributed by atoms with Crippen molar-refractivity contribution in [2.75, 3.05) is 13.1 Å². The standard InChI is InChI=1S/C17H23N5OS/c1-10-12(3)24-16(20-10)8-21-6-14-4-13(21)7-22(14)17(23)5-15-11(2)18-9-19-15/h9,13-14H,4-8H2,1-3H3,(H,18,19)/t13-,14-/m0/s1. The first-order chi connectivity index (χ1) is 11.5. The highest BCUT2D eigenvalue weighted by molar-refractivity contribution is 7.11. The van der Waals surface area contributed by atoms with Crippen LogP contribution < -0.4 is 0 Å². The predicted molar refractivity (Wildman–Crippen MR) is 92.9 cm³/mol. The van der Waals surface area contributed by atoms with Gasteiger partial charge in [0.25, 0.3) is 0 Å². The summed E-state index contributed by atoms with van der Waals surface area (Å²) in [6, 6.07) is 0.827. The zero-order chi connectivity index (χ0) is 16.8. The number of hydrogen-bond acceptors (Lipinski definition) is 5. The molecule has 24 heavy (non-hydrogen) atoms. The highest BCUT2D eigenvalue weighted by atomic mass is 32.1. The van der Waals surface area contributed by atoms with E-state index in [-0.39, 0.29) is 5.91 Å². The lowest BCUT2D eigenvalue weighted by Crippen LogP contribution is -2.48. The van der Waals surface area contributed by atoms with E-state index in [0.29, 0.717) is 18.5 Å². The minimum atomic E-state index is 0.207. The van der Waals surface area contributed by atoms with Gasteiger partial charge in [0.2, 0.25) is 5.91 Å². The molecule has 2 aliphatic rings. The summed E-state index contributed by atoms with van der Waals surface area (Å²) in [5.41, 5.74) is 3.00. The highest BCUT2D eigenvalue weighted by Gasteiger charge is 2.45. The summed E-state index contributed by atoms with van der Waals surface area (Å²) < 4.78 is 0. The van der Waals surface area contributed by atoms with Crippen LogP contribution >= 0.6 is 11.3 Å². The normalized spacial score (nSPS) is 23.4. The van der Waals surface area contributed by atoms with Crippen molar-refractivity contribution in [3.63, 3.8) is 0 Å². The van der Waals surface area contributed by atoms with Gasteiger partial charge in [-0.2, -0.15) is 0 Å². The zero-order valence-corrected chi connectivity index (χ0v) is 15.2. The summed E-state index contributed by atoms with van der Waals surface area (Å²) in [5.74, 6) is 0.207. The number of nitrogens with zero attached hydrogens (tertiary/aromatic N) is 4. The Hall–Kier alpha value is -1.73. The van der Waals surface area contributed by atoms with E-state index in [9.17, 15) is 4.79 Å². The number of rotatable bonds is 4. The number of nitrogens with one attached hydrogen (secondary N) is 1. The van der Waals surface area contributed by atoms with Crippen LogP contribution in [0, 0.1) is 20.8 Å². The molecule has 0 aliphatic carbocycles. The fourth-order valence-electron chi connectivity index (χ4n) is 3.84. The Kier molecular flexibility index (Phi) is 3.92. The number of likely N-dealkylation sites (tertiary alicyclic amines) is 2. The molecule has 128 valence electrons. The summed E-state index contributed by atoms with van der Waals surface area (Å²) >= 11 is 1.79. The zero-order valence-electron chi connectivity index (χ0n) is 14.4. The van der Waals surface area contributed by atoms with Crippen molar-refractivity contribution in [1.82, 2.24) is 24.8 Å². The lowest BCUT2D eigenvalue weighted by molar-refractivity contribution is -0.132. The third kappa shape index (κ3) is 2.75. The first-order valence-electron chi connectivity index (χ1n) is 8.46. The van der Waals surface area contributed by atoms with E-state index in [1.807, 2.05) is 6.92 Å². The molecule has 0 radical (unpaired) electrons. The third-order valence-electron chi connectivity index (χ3n) is 5.34. The Morgan fingerprint density at radius 2 is 2.17 bits per heavy atom. The molecule has 4 rings (SSSR count). The van der Waals surface area contributed by atoms with Crippen molar-refractivity contribution in [2.45, 2.75) is 52.2 Å². The van der Waals surface area contributed by atoms with Crippen LogP contribution in [-0.2, 0) is 17.8 Å². The molecule has 2 atom stereocenters. The molecule has 0 aromatic carbocycles. The van der Waals surface area contributed by atoms with E-state index in [1.54, 1.807) is 17.7 Å². The number of hydrogen-bond donors (Lipinski definition) is 1. The smallest absolute Gasteiger partial charge is 0.229 e. The van der Waals surface area contributed by atoms with Gasteiger partial charge in [0.05, 0.1) is 30.7 Å². The van der Waals surface area contributed by atoms with Crippen LogP contribution in [0.15, 0.2) is 6.33 Å². The molecular formula is C17H23N5OS. The summed E-state index contributed by atoms with van der Waals surface area (Å²) in [6.07, 6.45) is 3.16. The van der Waals surface area contributed by atoms with Gasteiger partial charge < -0.3 is 9.88 Å². The average molecular weight is 345 g/mol. The summed E-state index contributed by atoms with van der Waals surface area (Å²) in [5, 5.41) is 1.20. The van der Waals surface area contributed by atoms with Crippen molar-refractivity contribution < 1.29 is 4.79 Å². The van der Waals surface area contributed by atoms with Gasteiger partial charge in [-0.1, -0.05) is 0 Å². The number of fused-ring (bicyclic) bond motifs is 2. The van der Waals surface area contributed by atoms with Gasteiger partial charge in [0.15, 0.2) is 0 Å². The van der Waals surface area contributed by atoms with Crippen molar-refractivity contribution in [2.24, 2.45) is 0 Å². The molecule has 0 spiro atoms. The topological polar surface area (TPSA) is 65.1 Å². The van der Waals surface area contributed by atoms with Crippen LogP contribution in [0.25, 0.3) is 0 Å². The van der Waals surface area contributed by atoms with Crippen LogP contribution in [-0.4, -0.2) is 55.8 Å². The largest absolute Gasteiger partial charge is 0.348 e. The minimum absolute atomic E-state index is 0.207. The fourth-order valence-corrected chi connectivity index (χ4v) is 4.80. The molecule has 2 aliphatic heterocycles. The first-order valence-corrected chi connectivity index (χ1v) is 9.28. The van der Waals surface area contributed by atoms with E-state index >= 15 is 0 Å². The number of carbonyl (C=O) groups is 1. The monoisotopic (exact) mass is 345 g/mol. The van der Waals surface area contributed by atoms with E-state index in [1.165, 1.54) is 9.88 Å². The molecule has 1 N–H and O–H groups in total. The molecule has 2 fully saturated rings. The number of H-pyrrole nitrogens is 1. The Balaban J connectivity index is 1.37. The summed E-state index contributed by atoms with van der Waals surface area (Å²) in [4.78, 5) is 30.4. The Bertz CT molecular complexity index is 747. The molecule has 7 heteroatoms. The first kappa shape index (κ1) is 15.8. The number of amides is 1. The lowest BCUT2D eigenvalue weighted by atomic mass is 10.2. The fraction of sp³-hybridized carbons (Fsp3) is 0.588.